The third-order valence-corrected chi connectivity index (χ3v) is 5.33. The van der Waals surface area contributed by atoms with Crippen LogP contribution in [0.2, 0.25) is 5.02 Å². The summed E-state index contributed by atoms with van der Waals surface area (Å²) in [7, 11) is 0. The lowest BCUT2D eigenvalue weighted by atomic mass is 10.1. The van der Waals surface area contributed by atoms with Crippen LogP contribution in [-0.4, -0.2) is 26.9 Å². The van der Waals surface area contributed by atoms with Crippen LogP contribution in [0.5, 0.6) is 5.75 Å². The number of rotatable bonds is 9. The minimum atomic E-state index is -0.0777. The fourth-order valence-corrected chi connectivity index (χ4v) is 3.43. The maximum absolute atomic E-state index is 12.3. The Balaban J connectivity index is 2.18. The lowest BCUT2D eigenvalue weighted by Crippen LogP contribution is -2.37. The molecule has 1 N–H and O–H groups in total. The first-order valence-electron chi connectivity index (χ1n) is 8.73. The van der Waals surface area contributed by atoms with E-state index in [1.807, 2.05) is 36.3 Å². The average molecular weight is 397 g/mol. The summed E-state index contributed by atoms with van der Waals surface area (Å²) in [6.07, 6.45) is 1.34. The highest BCUT2D eigenvalue weighted by Gasteiger charge is 2.20. The van der Waals surface area contributed by atoms with Crippen molar-refractivity contribution >= 4 is 28.8 Å². The minimum absolute atomic E-state index is 0.0777. The first-order chi connectivity index (χ1) is 12.5. The molecule has 0 radical (unpaired) electrons. The number of halogens is 1. The molecule has 142 valence electrons. The van der Waals surface area contributed by atoms with Gasteiger partial charge in [-0.1, -0.05) is 25.4 Å². The molecule has 7 heteroatoms. The standard InChI is InChI=1S/C19H25ClN2O3S/c1-4-13(3)22(19(24)5-2)9-14-8-15(20)6-7-17(14)25-11-18-21-16(10-23)12-26-18/h6-8,12-13,23H,4-5,9-11H2,1-3H3/t13-/m0/s1. The lowest BCUT2D eigenvalue weighted by Gasteiger charge is -2.29. The molecule has 0 bridgehead atoms. The molecule has 1 amide bonds. The van der Waals surface area contributed by atoms with Gasteiger partial charge in [-0.2, -0.15) is 0 Å². The molecule has 0 aliphatic rings. The van der Waals surface area contributed by atoms with Gasteiger partial charge in [0.15, 0.2) is 0 Å². The Hall–Kier alpha value is -1.63. The molecule has 0 fully saturated rings. The van der Waals surface area contributed by atoms with Gasteiger partial charge in [-0.25, -0.2) is 4.98 Å². The zero-order chi connectivity index (χ0) is 19.1. The monoisotopic (exact) mass is 396 g/mol. The van der Waals surface area contributed by atoms with Gasteiger partial charge in [-0.15, -0.1) is 11.3 Å². The minimum Gasteiger partial charge on any atom is -0.486 e. The predicted octanol–water partition coefficient (Wildman–Crippen LogP) is 4.40. The van der Waals surface area contributed by atoms with E-state index in [0.29, 0.717) is 36.0 Å². The topological polar surface area (TPSA) is 62.7 Å². The summed E-state index contributed by atoms with van der Waals surface area (Å²) < 4.78 is 5.93. The lowest BCUT2D eigenvalue weighted by molar-refractivity contribution is -0.133. The van der Waals surface area contributed by atoms with Crippen molar-refractivity contribution in [3.8, 4) is 5.75 Å². The highest BCUT2D eigenvalue weighted by Crippen LogP contribution is 2.27. The summed E-state index contributed by atoms with van der Waals surface area (Å²) in [6, 6.07) is 5.58. The van der Waals surface area contributed by atoms with Crippen molar-refractivity contribution in [3.05, 3.63) is 44.9 Å². The van der Waals surface area contributed by atoms with E-state index in [-0.39, 0.29) is 18.6 Å². The molecule has 0 aliphatic heterocycles. The van der Waals surface area contributed by atoms with Crippen molar-refractivity contribution in [1.29, 1.82) is 0 Å². The number of benzene rings is 1. The zero-order valence-corrected chi connectivity index (χ0v) is 16.9. The first kappa shape index (κ1) is 20.7. The normalized spacial score (nSPS) is 12.0. The van der Waals surface area contributed by atoms with Crippen molar-refractivity contribution in [2.75, 3.05) is 0 Å². The molecule has 5 nitrogen and oxygen atoms in total. The van der Waals surface area contributed by atoms with Gasteiger partial charge in [0.05, 0.1) is 12.3 Å². The molecule has 0 saturated carbocycles. The molecule has 0 saturated heterocycles. The molecule has 26 heavy (non-hydrogen) atoms. The smallest absolute Gasteiger partial charge is 0.222 e. The fourth-order valence-electron chi connectivity index (χ4n) is 2.54. The van der Waals surface area contributed by atoms with Crippen LogP contribution in [0, 0.1) is 0 Å². The number of carbonyl (C=O) groups excluding carboxylic acids is 1. The maximum atomic E-state index is 12.3. The van der Waals surface area contributed by atoms with Crippen LogP contribution >= 0.6 is 22.9 Å². The van der Waals surface area contributed by atoms with Crippen LogP contribution in [0.4, 0.5) is 0 Å². The van der Waals surface area contributed by atoms with E-state index in [1.54, 1.807) is 6.07 Å². The third kappa shape index (κ3) is 5.43. The molecule has 1 aromatic heterocycles. The Morgan fingerprint density at radius 2 is 2.19 bits per heavy atom. The Morgan fingerprint density at radius 3 is 2.81 bits per heavy atom. The average Bonchev–Trinajstić information content (AvgIpc) is 3.12. The van der Waals surface area contributed by atoms with E-state index >= 15 is 0 Å². The summed E-state index contributed by atoms with van der Waals surface area (Å²) >= 11 is 7.62. The van der Waals surface area contributed by atoms with E-state index in [1.165, 1.54) is 11.3 Å². The number of carbonyl (C=O) groups is 1. The number of aliphatic hydroxyl groups excluding tert-OH is 1. The number of amides is 1. The molecule has 0 unspecified atom stereocenters. The van der Waals surface area contributed by atoms with Gasteiger partial charge in [-0.3, -0.25) is 4.79 Å². The number of nitrogens with zero attached hydrogens (tertiary/aromatic N) is 2. The van der Waals surface area contributed by atoms with Crippen LogP contribution < -0.4 is 4.74 Å². The van der Waals surface area contributed by atoms with Crippen molar-refractivity contribution in [2.45, 2.75) is 59.4 Å². The molecular formula is C19H25ClN2O3S. The molecule has 0 aliphatic carbocycles. The van der Waals surface area contributed by atoms with Crippen LogP contribution in [0.15, 0.2) is 23.6 Å². The Bertz CT molecular complexity index is 735. The molecule has 0 spiro atoms. The first-order valence-corrected chi connectivity index (χ1v) is 9.99. The van der Waals surface area contributed by atoms with Crippen molar-refractivity contribution < 1.29 is 14.6 Å². The summed E-state index contributed by atoms with van der Waals surface area (Å²) in [5.74, 6) is 0.796. The van der Waals surface area contributed by atoms with E-state index in [0.717, 1.165) is 17.0 Å². The van der Waals surface area contributed by atoms with Crippen LogP contribution in [0.3, 0.4) is 0 Å². The van der Waals surface area contributed by atoms with Gasteiger partial charge in [0.25, 0.3) is 0 Å². The summed E-state index contributed by atoms with van der Waals surface area (Å²) in [5, 5.41) is 12.3. The second-order valence-corrected chi connectivity index (χ2v) is 7.44. The van der Waals surface area contributed by atoms with E-state index < -0.39 is 0 Å². The van der Waals surface area contributed by atoms with Gasteiger partial charge in [0, 0.05) is 35.0 Å². The van der Waals surface area contributed by atoms with Crippen molar-refractivity contribution in [3.63, 3.8) is 0 Å². The van der Waals surface area contributed by atoms with Crippen LogP contribution in [0.1, 0.15) is 49.9 Å². The number of aromatic nitrogens is 1. The largest absolute Gasteiger partial charge is 0.486 e. The fraction of sp³-hybridized carbons (Fsp3) is 0.474. The van der Waals surface area contributed by atoms with Gasteiger partial charge in [-0.05, 0) is 31.5 Å². The maximum Gasteiger partial charge on any atom is 0.222 e. The zero-order valence-electron chi connectivity index (χ0n) is 15.4. The second-order valence-electron chi connectivity index (χ2n) is 6.06. The summed E-state index contributed by atoms with van der Waals surface area (Å²) in [5.41, 5.74) is 1.51. The Kier molecular flexibility index (Phi) is 7.87. The van der Waals surface area contributed by atoms with Crippen LogP contribution in [-0.2, 0) is 24.6 Å². The van der Waals surface area contributed by atoms with Crippen LogP contribution in [0.25, 0.3) is 0 Å². The molecular weight excluding hydrogens is 372 g/mol. The van der Waals surface area contributed by atoms with E-state index in [4.69, 9.17) is 21.4 Å². The van der Waals surface area contributed by atoms with E-state index in [9.17, 15) is 4.79 Å². The SMILES string of the molecule is CCC(=O)N(Cc1cc(Cl)ccc1OCc1nc(CO)cs1)[C@@H](C)CC. The predicted molar refractivity (Wildman–Crippen MR) is 104 cm³/mol. The Morgan fingerprint density at radius 1 is 1.42 bits per heavy atom. The van der Waals surface area contributed by atoms with Gasteiger partial charge >= 0.3 is 0 Å². The Labute approximate surface area is 163 Å². The molecule has 1 aromatic carbocycles. The quantitative estimate of drug-likeness (QED) is 0.682. The van der Waals surface area contributed by atoms with Crippen molar-refractivity contribution in [1.82, 2.24) is 9.88 Å². The molecule has 2 rings (SSSR count). The summed E-state index contributed by atoms with van der Waals surface area (Å²) in [6.45, 7) is 6.67. The van der Waals surface area contributed by atoms with E-state index in [2.05, 4.69) is 11.9 Å². The number of hydrogen-bond donors (Lipinski definition) is 1. The highest BCUT2D eigenvalue weighted by molar-refractivity contribution is 7.09. The number of aliphatic hydroxyl groups is 1. The van der Waals surface area contributed by atoms with Gasteiger partial charge < -0.3 is 14.7 Å². The number of ether oxygens (including phenoxy) is 1. The summed E-state index contributed by atoms with van der Waals surface area (Å²) in [4.78, 5) is 18.5. The third-order valence-electron chi connectivity index (χ3n) is 4.22. The molecule has 1 atom stereocenters. The second kappa shape index (κ2) is 9.90. The van der Waals surface area contributed by atoms with Crippen molar-refractivity contribution in [2.24, 2.45) is 0 Å². The number of hydrogen-bond acceptors (Lipinski definition) is 5. The molecule has 1 heterocycles. The van der Waals surface area contributed by atoms with Gasteiger partial charge in [0.1, 0.15) is 17.4 Å². The van der Waals surface area contributed by atoms with Gasteiger partial charge in [0.2, 0.25) is 5.91 Å². The number of thiazole rings is 1. The molecule has 2 aromatic rings. The highest BCUT2D eigenvalue weighted by atomic mass is 35.5.